The van der Waals surface area contributed by atoms with Crippen LogP contribution in [0.5, 0.6) is 5.75 Å². The van der Waals surface area contributed by atoms with E-state index in [4.69, 9.17) is 4.74 Å². The predicted molar refractivity (Wildman–Crippen MR) is 79.2 cm³/mol. The Morgan fingerprint density at radius 2 is 1.50 bits per heavy atom. The summed E-state index contributed by atoms with van der Waals surface area (Å²) in [5, 5.41) is 0. The van der Waals surface area contributed by atoms with Crippen molar-refractivity contribution < 1.29 is 4.74 Å². The van der Waals surface area contributed by atoms with Crippen LogP contribution >= 0.6 is 15.9 Å². The molecule has 0 aliphatic heterocycles. The standard InChI is InChI=1S/C16H17BrO/c1-2-13-3-5-14(6-4-13)11-12-18-16-9-7-15(17)8-10-16/h3-10H,2,11-12H2,1H3. The zero-order valence-electron chi connectivity index (χ0n) is 10.5. The van der Waals surface area contributed by atoms with E-state index in [0.29, 0.717) is 6.61 Å². The summed E-state index contributed by atoms with van der Waals surface area (Å²) in [6.07, 6.45) is 2.04. The monoisotopic (exact) mass is 304 g/mol. The van der Waals surface area contributed by atoms with E-state index in [2.05, 4.69) is 47.1 Å². The Labute approximate surface area is 117 Å². The van der Waals surface area contributed by atoms with Gasteiger partial charge in [-0.2, -0.15) is 0 Å². The van der Waals surface area contributed by atoms with Crippen LogP contribution in [0, 0.1) is 0 Å². The van der Waals surface area contributed by atoms with Crippen molar-refractivity contribution in [1.82, 2.24) is 0 Å². The highest BCUT2D eigenvalue weighted by atomic mass is 79.9. The molecule has 0 radical (unpaired) electrons. The molecule has 0 atom stereocenters. The molecule has 0 fully saturated rings. The first kappa shape index (κ1) is 13.2. The third-order valence-electron chi connectivity index (χ3n) is 2.90. The van der Waals surface area contributed by atoms with E-state index in [1.807, 2.05) is 24.3 Å². The molecule has 2 aromatic carbocycles. The lowest BCUT2D eigenvalue weighted by Gasteiger charge is -2.06. The molecule has 0 aliphatic carbocycles. The molecule has 1 nitrogen and oxygen atoms in total. The minimum Gasteiger partial charge on any atom is -0.493 e. The van der Waals surface area contributed by atoms with Crippen LogP contribution in [0.3, 0.4) is 0 Å². The number of benzene rings is 2. The van der Waals surface area contributed by atoms with Gasteiger partial charge in [0.15, 0.2) is 0 Å². The molecule has 2 aromatic rings. The molecule has 0 saturated carbocycles. The summed E-state index contributed by atoms with van der Waals surface area (Å²) in [5.41, 5.74) is 2.71. The molecule has 0 aromatic heterocycles. The van der Waals surface area contributed by atoms with Crippen molar-refractivity contribution in [3.63, 3.8) is 0 Å². The Hall–Kier alpha value is -1.28. The van der Waals surface area contributed by atoms with Crippen LogP contribution in [0.15, 0.2) is 53.0 Å². The van der Waals surface area contributed by atoms with E-state index in [1.165, 1.54) is 11.1 Å². The van der Waals surface area contributed by atoms with Gasteiger partial charge in [-0.15, -0.1) is 0 Å². The molecule has 0 heterocycles. The Morgan fingerprint density at radius 1 is 0.889 bits per heavy atom. The molecular weight excluding hydrogens is 288 g/mol. The Bertz CT molecular complexity index is 473. The maximum absolute atomic E-state index is 5.70. The van der Waals surface area contributed by atoms with Crippen molar-refractivity contribution in [2.75, 3.05) is 6.61 Å². The van der Waals surface area contributed by atoms with Crippen molar-refractivity contribution in [1.29, 1.82) is 0 Å². The topological polar surface area (TPSA) is 9.23 Å². The van der Waals surface area contributed by atoms with E-state index in [1.54, 1.807) is 0 Å². The maximum Gasteiger partial charge on any atom is 0.119 e. The van der Waals surface area contributed by atoms with E-state index < -0.39 is 0 Å². The summed E-state index contributed by atoms with van der Waals surface area (Å²) in [5.74, 6) is 0.920. The third-order valence-corrected chi connectivity index (χ3v) is 3.43. The van der Waals surface area contributed by atoms with E-state index in [-0.39, 0.29) is 0 Å². The summed E-state index contributed by atoms with van der Waals surface area (Å²) in [4.78, 5) is 0. The summed E-state index contributed by atoms with van der Waals surface area (Å²) in [7, 11) is 0. The highest BCUT2D eigenvalue weighted by Crippen LogP contribution is 2.16. The number of hydrogen-bond acceptors (Lipinski definition) is 1. The normalized spacial score (nSPS) is 10.3. The zero-order valence-corrected chi connectivity index (χ0v) is 12.1. The van der Waals surface area contributed by atoms with E-state index in [9.17, 15) is 0 Å². The van der Waals surface area contributed by atoms with Gasteiger partial charge in [-0.25, -0.2) is 0 Å². The first-order valence-electron chi connectivity index (χ1n) is 6.24. The molecule has 2 heteroatoms. The summed E-state index contributed by atoms with van der Waals surface area (Å²) in [6, 6.07) is 16.7. The highest BCUT2D eigenvalue weighted by Gasteiger charge is 1.96. The second-order valence-electron chi connectivity index (χ2n) is 4.22. The SMILES string of the molecule is CCc1ccc(CCOc2ccc(Br)cc2)cc1. The summed E-state index contributed by atoms with van der Waals surface area (Å²) in [6.45, 7) is 2.89. The van der Waals surface area contributed by atoms with Gasteiger partial charge >= 0.3 is 0 Å². The molecule has 94 valence electrons. The van der Waals surface area contributed by atoms with Crippen LogP contribution in [0.1, 0.15) is 18.1 Å². The van der Waals surface area contributed by atoms with Gasteiger partial charge in [0.25, 0.3) is 0 Å². The van der Waals surface area contributed by atoms with Gasteiger partial charge in [0.1, 0.15) is 5.75 Å². The molecular formula is C16H17BrO. The van der Waals surface area contributed by atoms with Crippen LogP contribution < -0.4 is 4.74 Å². The van der Waals surface area contributed by atoms with Crippen molar-refractivity contribution >= 4 is 15.9 Å². The smallest absolute Gasteiger partial charge is 0.119 e. The van der Waals surface area contributed by atoms with Crippen LogP contribution in [0.25, 0.3) is 0 Å². The summed E-state index contributed by atoms with van der Waals surface area (Å²) >= 11 is 3.41. The van der Waals surface area contributed by atoms with Crippen LogP contribution in [0.4, 0.5) is 0 Å². The van der Waals surface area contributed by atoms with Gasteiger partial charge < -0.3 is 4.74 Å². The van der Waals surface area contributed by atoms with Gasteiger partial charge in [-0.3, -0.25) is 0 Å². The lowest BCUT2D eigenvalue weighted by Crippen LogP contribution is -2.01. The molecule has 0 aliphatic rings. The quantitative estimate of drug-likeness (QED) is 0.782. The minimum atomic E-state index is 0.715. The van der Waals surface area contributed by atoms with E-state index in [0.717, 1.165) is 23.1 Å². The molecule has 2 rings (SSSR count). The predicted octanol–water partition coefficient (Wildman–Crippen LogP) is 4.63. The van der Waals surface area contributed by atoms with Crippen molar-refractivity contribution in [3.05, 3.63) is 64.1 Å². The van der Waals surface area contributed by atoms with Gasteiger partial charge in [0.2, 0.25) is 0 Å². The zero-order chi connectivity index (χ0) is 12.8. The number of halogens is 1. The third kappa shape index (κ3) is 3.88. The second kappa shape index (κ2) is 6.60. The minimum absolute atomic E-state index is 0.715. The van der Waals surface area contributed by atoms with E-state index >= 15 is 0 Å². The van der Waals surface area contributed by atoms with Crippen molar-refractivity contribution in [2.45, 2.75) is 19.8 Å². The lowest BCUT2D eigenvalue weighted by atomic mass is 10.1. The van der Waals surface area contributed by atoms with Crippen LogP contribution in [-0.2, 0) is 12.8 Å². The summed E-state index contributed by atoms with van der Waals surface area (Å²) < 4.78 is 6.77. The largest absolute Gasteiger partial charge is 0.493 e. The molecule has 0 N–H and O–H groups in total. The average molecular weight is 305 g/mol. The number of aryl methyl sites for hydroxylation is 1. The van der Waals surface area contributed by atoms with Crippen molar-refractivity contribution in [3.8, 4) is 5.75 Å². The van der Waals surface area contributed by atoms with Crippen molar-refractivity contribution in [2.24, 2.45) is 0 Å². The number of rotatable bonds is 5. The number of hydrogen-bond donors (Lipinski definition) is 0. The molecule has 18 heavy (non-hydrogen) atoms. The Morgan fingerprint density at radius 3 is 2.11 bits per heavy atom. The fourth-order valence-electron chi connectivity index (χ4n) is 1.76. The van der Waals surface area contributed by atoms with Gasteiger partial charge in [0.05, 0.1) is 6.61 Å². The number of ether oxygens (including phenoxy) is 1. The fraction of sp³-hybridized carbons (Fsp3) is 0.250. The molecule has 0 bridgehead atoms. The van der Waals surface area contributed by atoms with Gasteiger partial charge in [-0.1, -0.05) is 47.1 Å². The fourth-order valence-corrected chi connectivity index (χ4v) is 2.02. The van der Waals surface area contributed by atoms with Gasteiger partial charge in [0, 0.05) is 10.9 Å². The van der Waals surface area contributed by atoms with Gasteiger partial charge in [-0.05, 0) is 41.8 Å². The molecule has 0 unspecified atom stereocenters. The lowest BCUT2D eigenvalue weighted by molar-refractivity contribution is 0.322. The highest BCUT2D eigenvalue weighted by molar-refractivity contribution is 9.10. The molecule has 0 amide bonds. The molecule has 0 spiro atoms. The first-order chi connectivity index (χ1) is 8.78. The van der Waals surface area contributed by atoms with Crippen LogP contribution in [0.2, 0.25) is 0 Å². The van der Waals surface area contributed by atoms with Crippen LogP contribution in [-0.4, -0.2) is 6.61 Å². The maximum atomic E-state index is 5.70. The Balaban J connectivity index is 1.82. The average Bonchev–Trinajstić information content (AvgIpc) is 2.42. The second-order valence-corrected chi connectivity index (χ2v) is 5.14. The molecule has 0 saturated heterocycles. The Kier molecular flexibility index (Phi) is 4.82. The first-order valence-corrected chi connectivity index (χ1v) is 7.03.